The summed E-state index contributed by atoms with van der Waals surface area (Å²) in [7, 11) is 1.53. The summed E-state index contributed by atoms with van der Waals surface area (Å²) in [6, 6.07) is 3.35. The molecule has 4 aliphatic rings. The molecule has 1 aromatic heterocycles. The normalized spacial score (nSPS) is 32.7. The second kappa shape index (κ2) is 12.6. The van der Waals surface area contributed by atoms with Crippen molar-refractivity contribution in [2.75, 3.05) is 13.7 Å². The first kappa shape index (κ1) is 32.4. The molecule has 1 N–H and O–H groups in total. The first-order valence-corrected chi connectivity index (χ1v) is 16.7. The van der Waals surface area contributed by atoms with Crippen LogP contribution in [0.5, 0.6) is 11.6 Å². The van der Waals surface area contributed by atoms with E-state index in [2.05, 4.69) is 10.3 Å². The fourth-order valence-corrected chi connectivity index (χ4v) is 8.30. The number of nitrogens with one attached hydrogen (secondary N) is 1. The zero-order valence-electron chi connectivity index (χ0n) is 27.3. The van der Waals surface area contributed by atoms with E-state index in [1.807, 2.05) is 20.8 Å². The van der Waals surface area contributed by atoms with E-state index in [1.165, 1.54) is 12.0 Å². The first-order chi connectivity index (χ1) is 22.0. The highest BCUT2D eigenvalue weighted by molar-refractivity contribution is 5.89. The Labute approximate surface area is 268 Å². The van der Waals surface area contributed by atoms with Gasteiger partial charge in [0.15, 0.2) is 0 Å². The number of pyridine rings is 1. The molecule has 2 bridgehead atoms. The van der Waals surface area contributed by atoms with Crippen LogP contribution in [-0.4, -0.2) is 66.1 Å². The predicted octanol–water partition coefficient (Wildman–Crippen LogP) is 6.18. The maximum absolute atomic E-state index is 16.4. The number of benzene rings is 1. The second-order valence-electron chi connectivity index (χ2n) is 14.0. The summed E-state index contributed by atoms with van der Waals surface area (Å²) < 4.78 is 50.5. The van der Waals surface area contributed by atoms with Crippen LogP contribution in [-0.2, 0) is 20.2 Å². The van der Waals surface area contributed by atoms with Gasteiger partial charge < -0.3 is 29.2 Å². The van der Waals surface area contributed by atoms with Crippen molar-refractivity contribution in [1.29, 1.82) is 0 Å². The van der Waals surface area contributed by atoms with E-state index in [1.54, 1.807) is 25.1 Å². The molecular weight excluding hydrogens is 596 g/mol. The van der Waals surface area contributed by atoms with E-state index in [4.69, 9.17) is 14.2 Å². The van der Waals surface area contributed by atoms with Crippen LogP contribution in [0.15, 0.2) is 18.2 Å². The number of hydrogen-bond donors (Lipinski definition) is 1. The molecule has 11 heteroatoms. The van der Waals surface area contributed by atoms with Gasteiger partial charge in [0.1, 0.15) is 30.3 Å². The Morgan fingerprint density at radius 3 is 2.63 bits per heavy atom. The summed E-state index contributed by atoms with van der Waals surface area (Å²) in [5.74, 6) is -3.06. The summed E-state index contributed by atoms with van der Waals surface area (Å²) in [6.07, 6.45) is 2.41. The lowest BCUT2D eigenvalue weighted by Gasteiger charge is -2.30. The zero-order valence-corrected chi connectivity index (χ0v) is 27.3. The molecule has 3 heterocycles. The molecule has 2 aliphatic heterocycles. The van der Waals surface area contributed by atoms with Crippen molar-refractivity contribution in [3.63, 3.8) is 0 Å². The number of nitrogens with zero attached hydrogens (tertiary/aromatic N) is 2. The molecule has 1 aromatic carbocycles. The Hall–Kier alpha value is -3.50. The van der Waals surface area contributed by atoms with Crippen molar-refractivity contribution in [3.8, 4) is 11.6 Å². The molecule has 1 saturated heterocycles. The van der Waals surface area contributed by atoms with Crippen molar-refractivity contribution >= 4 is 29.2 Å². The number of hydrogen-bond acceptors (Lipinski definition) is 7. The van der Waals surface area contributed by atoms with Gasteiger partial charge in [-0.2, -0.15) is 0 Å². The predicted molar refractivity (Wildman–Crippen MR) is 167 cm³/mol. The molecule has 0 spiro atoms. The van der Waals surface area contributed by atoms with Crippen LogP contribution < -0.4 is 14.8 Å². The highest BCUT2D eigenvalue weighted by Crippen LogP contribution is 2.58. The molecule has 6 rings (SSSR count). The van der Waals surface area contributed by atoms with Crippen molar-refractivity contribution < 1.29 is 37.4 Å². The van der Waals surface area contributed by atoms with Gasteiger partial charge in [-0.15, -0.1) is 0 Å². The van der Waals surface area contributed by atoms with Crippen LogP contribution in [0, 0.1) is 36.5 Å². The standard InChI is InChI=1S/C35H45F2N3O6/c1-6-22-27(17-41)40-16-29(22)45-32-30(19(4)23-11-10-21(44-5)15-26(23)38-32)35(36,37)12-8-7-9-24-25-13-20(25)14-28(24)46-34(43)39-31(18(2)3)33(40)42/h10-11,15,17-18,20,22,24-25,27-29,31H,6-9,12-14,16H2,1-5H3,(H,39,43)/t20?,22-,24+,25?,27+,28+,29-,31-/m0/s1. The fraction of sp³-hybridized carbons (Fsp3) is 0.657. The number of methoxy groups -OCH3 is 1. The van der Waals surface area contributed by atoms with E-state index in [9.17, 15) is 14.4 Å². The van der Waals surface area contributed by atoms with Crippen LogP contribution in [0.3, 0.4) is 0 Å². The maximum atomic E-state index is 16.4. The third kappa shape index (κ3) is 5.90. The maximum Gasteiger partial charge on any atom is 0.408 e. The molecule has 9 nitrogen and oxygen atoms in total. The minimum Gasteiger partial charge on any atom is -0.497 e. The Morgan fingerprint density at radius 2 is 1.93 bits per heavy atom. The topological polar surface area (TPSA) is 107 Å². The largest absolute Gasteiger partial charge is 0.497 e. The number of ether oxygens (including phenoxy) is 3. The summed E-state index contributed by atoms with van der Waals surface area (Å²) in [6.45, 7) is 7.17. The average molecular weight is 642 g/mol. The summed E-state index contributed by atoms with van der Waals surface area (Å²) in [4.78, 5) is 45.8. The smallest absolute Gasteiger partial charge is 0.408 e. The lowest BCUT2D eigenvalue weighted by atomic mass is 9.91. The Morgan fingerprint density at radius 1 is 1.15 bits per heavy atom. The van der Waals surface area contributed by atoms with Gasteiger partial charge in [-0.3, -0.25) is 4.79 Å². The molecule has 0 radical (unpaired) electrons. The van der Waals surface area contributed by atoms with Crippen molar-refractivity contribution in [3.05, 3.63) is 29.3 Å². The first-order valence-electron chi connectivity index (χ1n) is 16.7. The van der Waals surface area contributed by atoms with Gasteiger partial charge in [-0.25, -0.2) is 18.6 Å². The fourth-order valence-electron chi connectivity index (χ4n) is 8.30. The van der Waals surface area contributed by atoms with Crippen LogP contribution in [0.1, 0.15) is 76.8 Å². The number of alkyl halides is 2. The quantitative estimate of drug-likeness (QED) is 0.398. The van der Waals surface area contributed by atoms with Gasteiger partial charge in [-0.1, -0.05) is 27.2 Å². The molecule has 2 amide bonds. The van der Waals surface area contributed by atoms with E-state index in [-0.39, 0.29) is 48.8 Å². The number of carbonyl (C=O) groups is 3. The van der Waals surface area contributed by atoms with Crippen LogP contribution in [0.25, 0.3) is 10.9 Å². The number of halogens is 2. The van der Waals surface area contributed by atoms with Crippen molar-refractivity contribution in [2.24, 2.45) is 29.6 Å². The average Bonchev–Trinajstić information content (AvgIpc) is 3.56. The molecule has 8 atom stereocenters. The zero-order chi connectivity index (χ0) is 32.9. The molecule has 2 unspecified atom stereocenters. The Kier molecular flexibility index (Phi) is 8.89. The number of alkyl carbamates (subject to hydrolysis) is 1. The molecule has 2 saturated carbocycles. The minimum absolute atomic E-state index is 0.0172. The van der Waals surface area contributed by atoms with E-state index < -0.39 is 42.0 Å². The number of aromatic nitrogens is 1. The van der Waals surface area contributed by atoms with Crippen molar-refractivity contribution in [1.82, 2.24) is 15.2 Å². The molecular formula is C35H45F2N3O6. The number of carbonyl (C=O) groups excluding carboxylic acids is 3. The van der Waals surface area contributed by atoms with Gasteiger partial charge >= 0.3 is 6.09 Å². The highest BCUT2D eigenvalue weighted by Gasteiger charge is 2.55. The van der Waals surface area contributed by atoms with Crippen LogP contribution in [0.2, 0.25) is 0 Å². The SMILES string of the molecule is CC[C@@H]1[C@@H]2CN(C(=O)[C@H](C(C)C)NC(=O)O[C@@H]3CC4CC4[C@H]3CCCCC(F)(F)c3c(nc4cc(OC)ccc4c3C)O2)[C@@H]1C=O. The van der Waals surface area contributed by atoms with Gasteiger partial charge in [0, 0.05) is 23.8 Å². The van der Waals surface area contributed by atoms with Gasteiger partial charge in [0.05, 0.1) is 30.8 Å². The highest BCUT2D eigenvalue weighted by atomic mass is 19.3. The number of aldehydes is 1. The van der Waals surface area contributed by atoms with Crippen LogP contribution in [0.4, 0.5) is 13.6 Å². The van der Waals surface area contributed by atoms with Gasteiger partial charge in [0.25, 0.3) is 5.92 Å². The molecule has 2 aromatic rings. The lowest BCUT2D eigenvalue weighted by Crippen LogP contribution is -2.54. The third-order valence-corrected chi connectivity index (χ3v) is 10.9. The second-order valence-corrected chi connectivity index (χ2v) is 14.0. The summed E-state index contributed by atoms with van der Waals surface area (Å²) >= 11 is 0. The Balaban J connectivity index is 1.42. The third-order valence-electron chi connectivity index (χ3n) is 10.9. The number of amides is 2. The van der Waals surface area contributed by atoms with E-state index in [0.29, 0.717) is 59.6 Å². The summed E-state index contributed by atoms with van der Waals surface area (Å²) in [5, 5.41) is 3.38. The lowest BCUT2D eigenvalue weighted by molar-refractivity contribution is -0.138. The minimum atomic E-state index is -3.25. The molecule has 2 aliphatic carbocycles. The molecule has 46 heavy (non-hydrogen) atoms. The number of fused-ring (bicyclic) bond motifs is 7. The van der Waals surface area contributed by atoms with Crippen LogP contribution >= 0.6 is 0 Å². The molecule has 3 fully saturated rings. The van der Waals surface area contributed by atoms with Gasteiger partial charge in [-0.05, 0) is 80.4 Å². The number of rotatable bonds is 4. The monoisotopic (exact) mass is 641 g/mol. The Bertz CT molecular complexity index is 1500. The van der Waals surface area contributed by atoms with Crippen molar-refractivity contribution in [2.45, 2.75) is 103 Å². The van der Waals surface area contributed by atoms with Gasteiger partial charge in [0.2, 0.25) is 11.8 Å². The van der Waals surface area contributed by atoms with E-state index in [0.717, 1.165) is 12.8 Å². The summed E-state index contributed by atoms with van der Waals surface area (Å²) in [5.41, 5.74) is 0.569. The molecule has 250 valence electrons. The number of aryl methyl sites for hydroxylation is 1. The van der Waals surface area contributed by atoms with E-state index >= 15 is 8.78 Å².